The third-order valence-corrected chi connectivity index (χ3v) is 6.55. The second-order valence-corrected chi connectivity index (χ2v) is 8.76. The summed E-state index contributed by atoms with van der Waals surface area (Å²) in [5, 5.41) is 6.25. The summed E-state index contributed by atoms with van der Waals surface area (Å²) in [6.45, 7) is 2.16. The number of amides is 1. The predicted molar refractivity (Wildman–Crippen MR) is 132 cm³/mol. The number of H-pyrrole nitrogens is 1. The number of nitrogens with one attached hydrogen (secondary N) is 3. The lowest BCUT2D eigenvalue weighted by Crippen LogP contribution is -2.35. The van der Waals surface area contributed by atoms with Crippen LogP contribution in [-0.2, 0) is 9.47 Å². The van der Waals surface area contributed by atoms with Gasteiger partial charge in [-0.2, -0.15) is 0 Å². The van der Waals surface area contributed by atoms with Crippen LogP contribution in [-0.4, -0.2) is 62.6 Å². The van der Waals surface area contributed by atoms with E-state index in [1.54, 1.807) is 31.6 Å². The van der Waals surface area contributed by atoms with Gasteiger partial charge in [0.15, 0.2) is 11.6 Å². The van der Waals surface area contributed by atoms with Gasteiger partial charge in [-0.3, -0.25) is 9.78 Å². The lowest BCUT2D eigenvalue weighted by atomic mass is 9.93. The second kappa shape index (κ2) is 10.5. The summed E-state index contributed by atoms with van der Waals surface area (Å²) in [4.78, 5) is 20.9. The Balaban J connectivity index is 1.62. The van der Waals surface area contributed by atoms with E-state index < -0.39 is 5.82 Å². The molecule has 3 N–H and O–H groups in total. The Morgan fingerprint density at radius 2 is 2.14 bits per heavy atom. The molecule has 0 bridgehead atoms. The molecule has 1 saturated heterocycles. The molecular weight excluding hydrogens is 467 g/mol. The van der Waals surface area contributed by atoms with Crippen molar-refractivity contribution in [3.8, 4) is 22.8 Å². The Labute approximate surface area is 208 Å². The molecule has 2 atom stereocenters. The number of fused-ring (bicyclic) bond motifs is 1. The number of rotatable bonds is 10. The number of anilines is 2. The van der Waals surface area contributed by atoms with Crippen LogP contribution in [0.5, 0.6) is 11.5 Å². The average molecular weight is 497 g/mol. The first kappa shape index (κ1) is 24.1. The molecule has 2 aromatic heterocycles. The van der Waals surface area contributed by atoms with Gasteiger partial charge < -0.3 is 34.6 Å². The Kier molecular flexibility index (Phi) is 7.06. The van der Waals surface area contributed by atoms with E-state index in [9.17, 15) is 9.18 Å². The fourth-order valence-corrected chi connectivity index (χ4v) is 4.55. The maximum atomic E-state index is 14.5. The maximum Gasteiger partial charge on any atom is 0.255 e. The Morgan fingerprint density at radius 3 is 2.89 bits per heavy atom. The Hall–Kier alpha value is -3.63. The van der Waals surface area contributed by atoms with Crippen LogP contribution in [0.3, 0.4) is 0 Å². The highest BCUT2D eigenvalue weighted by Crippen LogP contribution is 2.44. The van der Waals surface area contributed by atoms with Crippen molar-refractivity contribution in [2.24, 2.45) is 0 Å². The molecule has 0 saturated carbocycles. The third-order valence-electron chi connectivity index (χ3n) is 6.55. The molecule has 190 valence electrons. The van der Waals surface area contributed by atoms with Crippen molar-refractivity contribution >= 4 is 17.3 Å². The summed E-state index contributed by atoms with van der Waals surface area (Å²) in [6.07, 6.45) is 5.01. The topological polar surface area (TPSA) is 107 Å². The smallest absolute Gasteiger partial charge is 0.255 e. The zero-order chi connectivity index (χ0) is 25.1. The number of halogens is 1. The minimum absolute atomic E-state index is 0.0101. The number of benzene rings is 1. The number of aromatic amines is 1. The Bertz CT molecular complexity index is 1240. The molecule has 1 aromatic carbocycles. The molecule has 2 aliphatic heterocycles. The molecule has 0 unspecified atom stereocenters. The first-order valence-electron chi connectivity index (χ1n) is 11.9. The largest absolute Gasteiger partial charge is 0.492 e. The van der Waals surface area contributed by atoms with Gasteiger partial charge in [0, 0.05) is 56.7 Å². The van der Waals surface area contributed by atoms with Crippen molar-refractivity contribution < 1.29 is 28.1 Å². The van der Waals surface area contributed by atoms with E-state index in [0.29, 0.717) is 54.6 Å². The summed E-state index contributed by atoms with van der Waals surface area (Å²) in [5.74, 6) is -0.118. The van der Waals surface area contributed by atoms with Gasteiger partial charge in [0.05, 0.1) is 42.0 Å². The molecule has 1 amide bonds. The van der Waals surface area contributed by atoms with E-state index in [1.165, 1.54) is 13.2 Å². The van der Waals surface area contributed by atoms with Crippen LogP contribution in [0.4, 0.5) is 15.8 Å². The molecule has 3 aromatic rings. The summed E-state index contributed by atoms with van der Waals surface area (Å²) in [5.41, 5.74) is 3.51. The minimum Gasteiger partial charge on any atom is -0.492 e. The quantitative estimate of drug-likeness (QED) is 0.390. The molecule has 10 heteroatoms. The molecule has 9 nitrogen and oxygen atoms in total. The number of carbonyl (C=O) groups is 1. The summed E-state index contributed by atoms with van der Waals surface area (Å²) >= 11 is 0. The standard InChI is InChI=1S/C26H29FN4O5/c1-33-10-7-15-12-29-26(32)21-22(15)31-23(24(21)30-19-5-3-4-18(27)25(19)34-2)17-6-9-28-13-20(17)36-14-16-8-11-35-16/h3-6,9,13,15-16,30-31H,7-8,10-12,14H2,1-2H3,(H,29,32)/t15-,16+/m0/s1. The number of hydrogen-bond donors (Lipinski definition) is 3. The van der Waals surface area contributed by atoms with E-state index in [2.05, 4.69) is 20.6 Å². The second-order valence-electron chi connectivity index (χ2n) is 8.76. The van der Waals surface area contributed by atoms with Crippen LogP contribution in [0.2, 0.25) is 0 Å². The van der Waals surface area contributed by atoms with Gasteiger partial charge in [0.1, 0.15) is 12.4 Å². The van der Waals surface area contributed by atoms with Crippen LogP contribution >= 0.6 is 0 Å². The number of nitrogens with zero attached hydrogens (tertiary/aromatic N) is 1. The Morgan fingerprint density at radius 1 is 1.28 bits per heavy atom. The lowest BCUT2D eigenvalue weighted by Gasteiger charge is -2.26. The van der Waals surface area contributed by atoms with Gasteiger partial charge >= 0.3 is 0 Å². The first-order valence-corrected chi connectivity index (χ1v) is 11.9. The van der Waals surface area contributed by atoms with Crippen molar-refractivity contribution in [2.75, 3.05) is 45.9 Å². The van der Waals surface area contributed by atoms with Crippen LogP contribution < -0.4 is 20.1 Å². The van der Waals surface area contributed by atoms with E-state index >= 15 is 0 Å². The summed E-state index contributed by atoms with van der Waals surface area (Å²) in [7, 11) is 3.06. The number of methoxy groups -OCH3 is 2. The average Bonchev–Trinajstić information content (AvgIpc) is 3.23. The van der Waals surface area contributed by atoms with Gasteiger partial charge in [-0.15, -0.1) is 0 Å². The number of pyridine rings is 1. The fraction of sp³-hybridized carbons (Fsp3) is 0.385. The molecule has 5 rings (SSSR count). The molecule has 1 fully saturated rings. The molecule has 0 aliphatic carbocycles. The van der Waals surface area contributed by atoms with Crippen molar-refractivity contribution in [3.63, 3.8) is 0 Å². The van der Waals surface area contributed by atoms with Crippen molar-refractivity contribution in [2.45, 2.75) is 24.9 Å². The van der Waals surface area contributed by atoms with Gasteiger partial charge in [-0.05, 0) is 24.6 Å². The van der Waals surface area contributed by atoms with Gasteiger partial charge in [-0.1, -0.05) is 6.07 Å². The van der Waals surface area contributed by atoms with Crippen LogP contribution in [0, 0.1) is 5.82 Å². The van der Waals surface area contributed by atoms with E-state index in [1.807, 2.05) is 6.07 Å². The normalized spacial score (nSPS) is 18.7. The molecule has 4 heterocycles. The van der Waals surface area contributed by atoms with Crippen LogP contribution in [0.25, 0.3) is 11.3 Å². The van der Waals surface area contributed by atoms with Crippen molar-refractivity contribution in [1.29, 1.82) is 0 Å². The summed E-state index contributed by atoms with van der Waals surface area (Å²) < 4.78 is 36.7. The zero-order valence-corrected chi connectivity index (χ0v) is 20.2. The highest BCUT2D eigenvalue weighted by Gasteiger charge is 2.34. The third kappa shape index (κ3) is 4.61. The zero-order valence-electron chi connectivity index (χ0n) is 20.2. The number of ether oxygens (including phenoxy) is 4. The van der Waals surface area contributed by atoms with E-state index in [4.69, 9.17) is 18.9 Å². The molecule has 2 aliphatic rings. The molecule has 0 radical (unpaired) electrons. The lowest BCUT2D eigenvalue weighted by molar-refractivity contribution is -0.0720. The molecular formula is C26H29FN4O5. The van der Waals surface area contributed by atoms with Gasteiger partial charge in [0.25, 0.3) is 5.91 Å². The predicted octanol–water partition coefficient (Wildman–Crippen LogP) is 4.00. The van der Waals surface area contributed by atoms with Crippen LogP contribution in [0.15, 0.2) is 36.7 Å². The molecule has 0 spiro atoms. The highest BCUT2D eigenvalue weighted by molar-refractivity contribution is 6.07. The van der Waals surface area contributed by atoms with Crippen molar-refractivity contribution in [3.05, 3.63) is 53.7 Å². The maximum absolute atomic E-state index is 14.5. The van der Waals surface area contributed by atoms with Gasteiger partial charge in [0.2, 0.25) is 0 Å². The number of hydrogen-bond acceptors (Lipinski definition) is 7. The van der Waals surface area contributed by atoms with E-state index in [-0.39, 0.29) is 23.7 Å². The van der Waals surface area contributed by atoms with Crippen molar-refractivity contribution in [1.82, 2.24) is 15.3 Å². The first-order chi connectivity index (χ1) is 17.6. The number of carbonyl (C=O) groups excluding carboxylic acids is 1. The number of para-hydroxylation sites is 1. The van der Waals surface area contributed by atoms with Gasteiger partial charge in [-0.25, -0.2) is 4.39 Å². The van der Waals surface area contributed by atoms with E-state index in [0.717, 1.165) is 24.3 Å². The fourth-order valence-electron chi connectivity index (χ4n) is 4.55. The summed E-state index contributed by atoms with van der Waals surface area (Å²) in [6, 6.07) is 6.43. The van der Waals surface area contributed by atoms with Crippen LogP contribution in [0.1, 0.15) is 34.8 Å². The minimum atomic E-state index is -0.510. The highest BCUT2D eigenvalue weighted by atomic mass is 19.1. The molecule has 36 heavy (non-hydrogen) atoms. The number of aromatic nitrogens is 2. The monoisotopic (exact) mass is 496 g/mol. The SMILES string of the molecule is COCC[C@H]1CNC(=O)c2c1[nH]c(-c1ccncc1OC[C@H]1CCO1)c2Nc1cccc(F)c1OC.